The lowest BCUT2D eigenvalue weighted by Gasteiger charge is -2.29. The lowest BCUT2D eigenvalue weighted by Crippen LogP contribution is -2.45. The molecule has 2 atom stereocenters. The Balaban J connectivity index is 1.59. The highest BCUT2D eigenvalue weighted by atomic mass is 32.2. The topological polar surface area (TPSA) is 68.3 Å². The van der Waals surface area contributed by atoms with E-state index < -0.39 is 12.1 Å². The van der Waals surface area contributed by atoms with Crippen LogP contribution in [0.25, 0.3) is 0 Å². The highest BCUT2D eigenvalue weighted by Crippen LogP contribution is 2.46. The summed E-state index contributed by atoms with van der Waals surface area (Å²) in [5, 5.41) is 1.74. The molecular weight excluding hydrogens is 520 g/mol. The first kappa shape index (κ1) is 28.2. The van der Waals surface area contributed by atoms with Gasteiger partial charge in [-0.05, 0) is 61.7 Å². The third-order valence-corrected chi connectivity index (χ3v) is 8.66. The number of fused-ring (bicyclic) bond motifs is 1. The van der Waals surface area contributed by atoms with E-state index in [0.717, 1.165) is 34.9 Å². The van der Waals surface area contributed by atoms with Crippen LogP contribution in [0.3, 0.4) is 0 Å². The molecule has 3 aromatic rings. The van der Waals surface area contributed by atoms with Gasteiger partial charge < -0.3 is 24.0 Å². The molecule has 4 rings (SSSR count). The molecule has 1 amide bonds. The molecule has 1 aliphatic rings. The molecule has 1 aliphatic heterocycles. The fourth-order valence-electron chi connectivity index (χ4n) is 4.30. The molecule has 0 radical (unpaired) electrons. The van der Waals surface area contributed by atoms with Crippen molar-refractivity contribution in [3.63, 3.8) is 0 Å². The van der Waals surface area contributed by atoms with E-state index in [1.807, 2.05) is 53.4 Å². The fourth-order valence-corrected chi connectivity index (χ4v) is 6.34. The van der Waals surface area contributed by atoms with E-state index in [1.165, 1.54) is 4.88 Å². The first-order chi connectivity index (χ1) is 18.5. The average Bonchev–Trinajstić information content (AvgIpc) is 3.42. The van der Waals surface area contributed by atoms with Crippen LogP contribution in [0.5, 0.6) is 5.75 Å². The number of likely N-dealkylation sites (N-methyl/N-ethyl adjacent to an activating group) is 1. The van der Waals surface area contributed by atoms with Crippen LogP contribution in [0.4, 0.5) is 5.69 Å². The van der Waals surface area contributed by atoms with Crippen molar-refractivity contribution in [3.8, 4) is 5.75 Å². The van der Waals surface area contributed by atoms with E-state index in [-0.39, 0.29) is 24.4 Å². The van der Waals surface area contributed by atoms with Crippen molar-refractivity contribution in [1.82, 2.24) is 4.90 Å². The zero-order valence-electron chi connectivity index (χ0n) is 22.0. The minimum Gasteiger partial charge on any atom is -0.497 e. The second-order valence-corrected chi connectivity index (χ2v) is 11.2. The number of carbonyl (C=O) groups is 2. The molecule has 7 nitrogen and oxygen atoms in total. The van der Waals surface area contributed by atoms with Gasteiger partial charge in [0, 0.05) is 29.4 Å². The predicted octanol–water partition coefficient (Wildman–Crippen LogP) is 5.06. The van der Waals surface area contributed by atoms with E-state index in [0.29, 0.717) is 13.1 Å². The third-order valence-electron chi connectivity index (χ3n) is 6.35. The second kappa shape index (κ2) is 13.8. The maximum atomic E-state index is 14.1. The molecule has 0 saturated carbocycles. The number of anilines is 1. The van der Waals surface area contributed by atoms with Gasteiger partial charge in [0.05, 0.1) is 24.7 Å². The second-order valence-electron chi connectivity index (χ2n) is 8.94. The third kappa shape index (κ3) is 7.17. The molecule has 0 unspecified atom stereocenters. The number of hydrogen-bond donors (Lipinski definition) is 0. The van der Waals surface area contributed by atoms with Gasteiger partial charge in [0.25, 0.3) is 5.91 Å². The Labute approximate surface area is 232 Å². The molecule has 0 spiro atoms. The summed E-state index contributed by atoms with van der Waals surface area (Å²) in [5.74, 6) is 0.0786. The van der Waals surface area contributed by atoms with Crippen LogP contribution in [0.1, 0.15) is 22.6 Å². The van der Waals surface area contributed by atoms with E-state index in [4.69, 9.17) is 14.2 Å². The number of amides is 1. The molecule has 2 heterocycles. The van der Waals surface area contributed by atoms with Crippen LogP contribution >= 0.6 is 23.1 Å². The van der Waals surface area contributed by atoms with Gasteiger partial charge in [-0.15, -0.1) is 23.1 Å². The Morgan fingerprint density at radius 3 is 2.55 bits per heavy atom. The smallest absolute Gasteiger partial charge is 0.332 e. The van der Waals surface area contributed by atoms with Gasteiger partial charge in [0.15, 0.2) is 6.10 Å². The maximum Gasteiger partial charge on any atom is 0.332 e. The number of rotatable bonds is 12. The summed E-state index contributed by atoms with van der Waals surface area (Å²) in [7, 11) is 3.70. The summed E-state index contributed by atoms with van der Waals surface area (Å²) in [6.07, 6.45) is 0.0981. The van der Waals surface area contributed by atoms with Crippen molar-refractivity contribution in [3.05, 3.63) is 76.5 Å². The first-order valence-corrected chi connectivity index (χ1v) is 14.4. The number of thioether (sulfide) groups is 1. The highest BCUT2D eigenvalue weighted by molar-refractivity contribution is 7.99. The summed E-state index contributed by atoms with van der Waals surface area (Å²) in [6.45, 7) is 3.82. The SMILES string of the molecule is CCOC(=O)CO[C@H]1C(=O)N(CCN(C)CCc2cccs2)c2ccccc2S[C@H]1c1ccc(OC)cc1. The van der Waals surface area contributed by atoms with Crippen molar-refractivity contribution in [1.29, 1.82) is 0 Å². The monoisotopic (exact) mass is 554 g/mol. The van der Waals surface area contributed by atoms with Gasteiger partial charge in [-0.3, -0.25) is 4.79 Å². The van der Waals surface area contributed by atoms with Crippen LogP contribution < -0.4 is 9.64 Å². The number of carbonyl (C=O) groups excluding carboxylic acids is 2. The molecule has 9 heteroatoms. The number of para-hydroxylation sites is 1. The molecule has 202 valence electrons. The molecule has 0 fully saturated rings. The molecule has 1 aromatic heterocycles. The summed E-state index contributed by atoms with van der Waals surface area (Å²) in [4.78, 5) is 32.7. The number of esters is 1. The summed E-state index contributed by atoms with van der Waals surface area (Å²) < 4.78 is 16.5. The molecule has 0 bridgehead atoms. The van der Waals surface area contributed by atoms with Gasteiger partial charge in [-0.1, -0.05) is 30.3 Å². The number of nitrogens with zero attached hydrogens (tertiary/aromatic N) is 2. The average molecular weight is 555 g/mol. The first-order valence-electron chi connectivity index (χ1n) is 12.7. The van der Waals surface area contributed by atoms with Gasteiger partial charge in [0.2, 0.25) is 0 Å². The van der Waals surface area contributed by atoms with Crippen molar-refractivity contribution in [2.75, 3.05) is 51.9 Å². The summed E-state index contributed by atoms with van der Waals surface area (Å²) in [5.41, 5.74) is 1.78. The Morgan fingerprint density at radius 2 is 1.84 bits per heavy atom. The van der Waals surface area contributed by atoms with Crippen molar-refractivity contribution in [2.45, 2.75) is 29.6 Å². The Hall–Kier alpha value is -2.85. The Morgan fingerprint density at radius 1 is 1.05 bits per heavy atom. The molecule has 0 aliphatic carbocycles. The lowest BCUT2D eigenvalue weighted by atomic mass is 10.1. The molecular formula is C29H34N2O5S2. The molecule has 0 N–H and O–H groups in total. The van der Waals surface area contributed by atoms with Crippen molar-refractivity contribution >= 4 is 40.7 Å². The van der Waals surface area contributed by atoms with Crippen molar-refractivity contribution < 1.29 is 23.8 Å². The number of benzene rings is 2. The predicted molar refractivity (Wildman–Crippen MR) is 152 cm³/mol. The van der Waals surface area contributed by atoms with Crippen LogP contribution in [-0.2, 0) is 25.5 Å². The Bertz CT molecular complexity index is 1190. The van der Waals surface area contributed by atoms with Crippen LogP contribution in [-0.4, -0.2) is 69.9 Å². The normalized spacial score (nSPS) is 17.3. The van der Waals surface area contributed by atoms with Crippen LogP contribution in [0, 0.1) is 0 Å². The number of methoxy groups -OCH3 is 1. The van der Waals surface area contributed by atoms with E-state index in [9.17, 15) is 9.59 Å². The largest absolute Gasteiger partial charge is 0.497 e. The quantitative estimate of drug-likeness (QED) is 0.290. The summed E-state index contributed by atoms with van der Waals surface area (Å²) in [6, 6.07) is 19.8. The summed E-state index contributed by atoms with van der Waals surface area (Å²) >= 11 is 3.34. The highest BCUT2D eigenvalue weighted by Gasteiger charge is 2.39. The molecule has 0 saturated heterocycles. The van der Waals surface area contributed by atoms with E-state index >= 15 is 0 Å². The van der Waals surface area contributed by atoms with Gasteiger partial charge in [-0.25, -0.2) is 4.79 Å². The minimum absolute atomic E-state index is 0.167. The molecule has 38 heavy (non-hydrogen) atoms. The molecule has 2 aromatic carbocycles. The minimum atomic E-state index is -0.873. The zero-order chi connectivity index (χ0) is 26.9. The van der Waals surface area contributed by atoms with Crippen LogP contribution in [0.15, 0.2) is 70.9 Å². The van der Waals surface area contributed by atoms with E-state index in [2.05, 4.69) is 29.5 Å². The van der Waals surface area contributed by atoms with E-state index in [1.54, 1.807) is 37.1 Å². The van der Waals surface area contributed by atoms with Crippen molar-refractivity contribution in [2.24, 2.45) is 0 Å². The van der Waals surface area contributed by atoms with Gasteiger partial charge in [0.1, 0.15) is 12.4 Å². The van der Waals surface area contributed by atoms with Crippen LogP contribution in [0.2, 0.25) is 0 Å². The maximum absolute atomic E-state index is 14.1. The zero-order valence-corrected chi connectivity index (χ0v) is 23.6. The number of ether oxygens (including phenoxy) is 3. The lowest BCUT2D eigenvalue weighted by molar-refractivity contribution is -0.152. The Kier molecular flexibility index (Phi) is 10.2. The fraction of sp³-hybridized carbons (Fsp3) is 0.379. The standard InChI is InChI=1S/C29H34N2O5S2/c1-4-35-26(32)20-36-27-28(21-11-13-22(34-3)14-12-21)38-25-10-6-5-9-24(25)31(29(27)33)18-17-30(2)16-15-23-8-7-19-37-23/h5-14,19,27-28H,4,15-18,20H2,1-3H3/t27-,28+/m1/s1. The number of hydrogen-bond acceptors (Lipinski definition) is 8. The van der Waals surface area contributed by atoms with Gasteiger partial charge >= 0.3 is 5.97 Å². The van der Waals surface area contributed by atoms with Gasteiger partial charge in [-0.2, -0.15) is 0 Å². The number of thiophene rings is 1.